The minimum absolute atomic E-state index is 0.0642. The van der Waals surface area contributed by atoms with Crippen LogP contribution < -0.4 is 10.5 Å². The first-order valence-corrected chi connectivity index (χ1v) is 6.66. The maximum absolute atomic E-state index is 6.15. The molecule has 0 aromatic heterocycles. The molecular weight excluding hydrogens is 266 g/mol. The summed E-state index contributed by atoms with van der Waals surface area (Å²) in [7, 11) is 0. The van der Waals surface area contributed by atoms with Gasteiger partial charge in [0.25, 0.3) is 0 Å². The summed E-state index contributed by atoms with van der Waals surface area (Å²) < 4.78 is 6.76. The molecule has 1 atom stereocenters. The van der Waals surface area contributed by atoms with Gasteiger partial charge in [0, 0.05) is 16.1 Å². The van der Waals surface area contributed by atoms with E-state index in [-0.39, 0.29) is 6.04 Å². The number of nitrogens with two attached hydrogens (primary N) is 1. The highest BCUT2D eigenvalue weighted by molar-refractivity contribution is 9.10. The van der Waals surface area contributed by atoms with Crippen LogP contribution in [0.3, 0.4) is 0 Å². The maximum Gasteiger partial charge on any atom is 0.124 e. The average molecular weight is 286 g/mol. The van der Waals surface area contributed by atoms with Gasteiger partial charge in [-0.05, 0) is 31.0 Å². The van der Waals surface area contributed by atoms with Gasteiger partial charge in [-0.25, -0.2) is 0 Å². The van der Waals surface area contributed by atoms with Crippen LogP contribution in [0, 0.1) is 0 Å². The van der Waals surface area contributed by atoms with Crippen LogP contribution in [-0.2, 0) is 0 Å². The van der Waals surface area contributed by atoms with Crippen molar-refractivity contribution in [3.05, 3.63) is 28.2 Å². The van der Waals surface area contributed by atoms with E-state index in [1.807, 2.05) is 12.1 Å². The van der Waals surface area contributed by atoms with Crippen molar-refractivity contribution in [2.45, 2.75) is 39.2 Å². The number of benzene rings is 1. The Morgan fingerprint density at radius 3 is 2.69 bits per heavy atom. The molecule has 16 heavy (non-hydrogen) atoms. The number of hydrogen-bond donors (Lipinski definition) is 1. The fourth-order valence-corrected chi connectivity index (χ4v) is 2.00. The molecular formula is C13H20BrNO. The lowest BCUT2D eigenvalue weighted by Crippen LogP contribution is -2.12. The highest BCUT2D eigenvalue weighted by atomic mass is 79.9. The van der Waals surface area contributed by atoms with E-state index < -0.39 is 0 Å². The predicted molar refractivity (Wildman–Crippen MR) is 71.8 cm³/mol. The van der Waals surface area contributed by atoms with Crippen molar-refractivity contribution in [3.63, 3.8) is 0 Å². The lowest BCUT2D eigenvalue weighted by atomic mass is 10.0. The van der Waals surface area contributed by atoms with E-state index in [9.17, 15) is 0 Å². The second kappa shape index (κ2) is 6.92. The quantitative estimate of drug-likeness (QED) is 0.856. The molecule has 2 nitrogen and oxygen atoms in total. The first kappa shape index (κ1) is 13.5. The Hall–Kier alpha value is -0.540. The van der Waals surface area contributed by atoms with Gasteiger partial charge in [-0.1, -0.05) is 36.2 Å². The molecule has 0 spiro atoms. The molecule has 0 heterocycles. The third-order valence-corrected chi connectivity index (χ3v) is 2.93. The van der Waals surface area contributed by atoms with Crippen LogP contribution in [0.15, 0.2) is 22.7 Å². The minimum atomic E-state index is 0.0642. The first-order chi connectivity index (χ1) is 7.69. The summed E-state index contributed by atoms with van der Waals surface area (Å²) in [5, 5.41) is 0. The molecule has 1 rings (SSSR count). The van der Waals surface area contributed by atoms with Crippen LogP contribution in [0.4, 0.5) is 0 Å². The largest absolute Gasteiger partial charge is 0.493 e. The van der Waals surface area contributed by atoms with Crippen molar-refractivity contribution in [3.8, 4) is 5.75 Å². The Bertz CT molecular complexity index is 328. The van der Waals surface area contributed by atoms with Crippen molar-refractivity contribution in [2.75, 3.05) is 6.61 Å². The van der Waals surface area contributed by atoms with Crippen LogP contribution in [0.25, 0.3) is 0 Å². The zero-order chi connectivity index (χ0) is 12.0. The van der Waals surface area contributed by atoms with Gasteiger partial charge in [-0.15, -0.1) is 0 Å². The maximum atomic E-state index is 6.15. The molecule has 2 N–H and O–H groups in total. The fourth-order valence-electron chi connectivity index (χ4n) is 1.62. The highest BCUT2D eigenvalue weighted by Crippen LogP contribution is 2.29. The third-order valence-electron chi connectivity index (χ3n) is 2.43. The Morgan fingerprint density at radius 2 is 2.06 bits per heavy atom. The van der Waals surface area contributed by atoms with E-state index >= 15 is 0 Å². The molecule has 0 aliphatic heterocycles. The summed E-state index contributed by atoms with van der Waals surface area (Å²) in [4.78, 5) is 0. The molecule has 0 amide bonds. The second-order valence-corrected chi connectivity index (χ2v) is 4.84. The molecule has 1 aromatic rings. The summed E-state index contributed by atoms with van der Waals surface area (Å²) in [6.07, 6.45) is 3.08. The standard InChI is InChI=1S/C13H20BrNO/c1-3-5-12(15)11-9-10(14)6-7-13(11)16-8-4-2/h6-7,9,12H,3-5,8,15H2,1-2H3. The van der Waals surface area contributed by atoms with Gasteiger partial charge in [0.2, 0.25) is 0 Å². The van der Waals surface area contributed by atoms with Crippen molar-refractivity contribution in [2.24, 2.45) is 5.73 Å². The zero-order valence-corrected chi connectivity index (χ0v) is 11.6. The van der Waals surface area contributed by atoms with Crippen molar-refractivity contribution in [1.29, 1.82) is 0 Å². The van der Waals surface area contributed by atoms with Gasteiger partial charge in [0.15, 0.2) is 0 Å². The Labute approximate surface area is 106 Å². The minimum Gasteiger partial charge on any atom is -0.493 e. The Morgan fingerprint density at radius 1 is 1.31 bits per heavy atom. The number of hydrogen-bond acceptors (Lipinski definition) is 2. The molecule has 1 unspecified atom stereocenters. The van der Waals surface area contributed by atoms with Crippen molar-refractivity contribution < 1.29 is 4.74 Å². The summed E-state index contributed by atoms with van der Waals surface area (Å²) in [6, 6.07) is 6.11. The van der Waals surface area contributed by atoms with Crippen molar-refractivity contribution >= 4 is 15.9 Å². The predicted octanol–water partition coefficient (Wildman–Crippen LogP) is 4.04. The molecule has 3 heteroatoms. The summed E-state index contributed by atoms with van der Waals surface area (Å²) in [5.74, 6) is 0.922. The summed E-state index contributed by atoms with van der Waals surface area (Å²) in [5.41, 5.74) is 7.25. The van der Waals surface area contributed by atoms with Gasteiger partial charge >= 0.3 is 0 Å². The lowest BCUT2D eigenvalue weighted by Gasteiger charge is -2.16. The molecule has 0 aliphatic rings. The van der Waals surface area contributed by atoms with Crippen LogP contribution in [-0.4, -0.2) is 6.61 Å². The topological polar surface area (TPSA) is 35.2 Å². The first-order valence-electron chi connectivity index (χ1n) is 5.86. The number of rotatable bonds is 6. The van der Waals surface area contributed by atoms with Gasteiger partial charge < -0.3 is 10.5 Å². The van der Waals surface area contributed by atoms with Gasteiger partial charge in [0.1, 0.15) is 5.75 Å². The smallest absolute Gasteiger partial charge is 0.124 e. The normalized spacial score (nSPS) is 12.5. The van der Waals surface area contributed by atoms with Gasteiger partial charge in [-0.3, -0.25) is 0 Å². The van der Waals surface area contributed by atoms with Gasteiger partial charge in [0.05, 0.1) is 6.61 Å². The van der Waals surface area contributed by atoms with Crippen molar-refractivity contribution in [1.82, 2.24) is 0 Å². The zero-order valence-electron chi connectivity index (χ0n) is 10.0. The second-order valence-electron chi connectivity index (χ2n) is 3.93. The Balaban J connectivity index is 2.88. The van der Waals surface area contributed by atoms with E-state index in [1.165, 1.54) is 0 Å². The highest BCUT2D eigenvalue weighted by Gasteiger charge is 2.11. The average Bonchev–Trinajstić information content (AvgIpc) is 2.27. The van der Waals surface area contributed by atoms with E-state index in [0.29, 0.717) is 0 Å². The Kier molecular flexibility index (Phi) is 5.85. The molecule has 0 saturated carbocycles. The van der Waals surface area contributed by atoms with Crippen LogP contribution in [0.5, 0.6) is 5.75 Å². The van der Waals surface area contributed by atoms with Crippen LogP contribution in [0.2, 0.25) is 0 Å². The van der Waals surface area contributed by atoms with E-state index in [2.05, 4.69) is 35.8 Å². The number of halogens is 1. The lowest BCUT2D eigenvalue weighted by molar-refractivity contribution is 0.311. The van der Waals surface area contributed by atoms with Crippen LogP contribution in [0.1, 0.15) is 44.7 Å². The SMILES string of the molecule is CCCOc1ccc(Br)cc1C(N)CCC. The molecule has 0 aliphatic carbocycles. The monoisotopic (exact) mass is 285 g/mol. The summed E-state index contributed by atoms with van der Waals surface area (Å²) in [6.45, 7) is 4.99. The third kappa shape index (κ3) is 3.80. The molecule has 1 aromatic carbocycles. The van der Waals surface area contributed by atoms with Gasteiger partial charge in [-0.2, -0.15) is 0 Å². The van der Waals surface area contributed by atoms with E-state index in [1.54, 1.807) is 0 Å². The summed E-state index contributed by atoms with van der Waals surface area (Å²) >= 11 is 3.47. The molecule has 0 radical (unpaired) electrons. The fraction of sp³-hybridized carbons (Fsp3) is 0.538. The molecule has 0 saturated heterocycles. The van der Waals surface area contributed by atoms with E-state index in [4.69, 9.17) is 10.5 Å². The molecule has 0 fully saturated rings. The number of ether oxygens (including phenoxy) is 1. The van der Waals surface area contributed by atoms with Crippen LogP contribution >= 0.6 is 15.9 Å². The van der Waals surface area contributed by atoms with E-state index in [0.717, 1.165) is 41.7 Å². The molecule has 90 valence electrons. The molecule has 0 bridgehead atoms.